The van der Waals surface area contributed by atoms with Gasteiger partial charge in [0, 0.05) is 31.4 Å². The maximum atomic E-state index is 12.6. The topological polar surface area (TPSA) is 64.3 Å². The summed E-state index contributed by atoms with van der Waals surface area (Å²) in [5, 5.41) is 3.93. The Balaban J connectivity index is 1.44. The predicted molar refractivity (Wildman–Crippen MR) is 92.9 cm³/mol. The molecule has 0 N–H and O–H groups in total. The average molecular weight is 372 g/mol. The van der Waals surface area contributed by atoms with Crippen LogP contribution in [0.4, 0.5) is 8.78 Å². The summed E-state index contributed by atoms with van der Waals surface area (Å²) in [5.41, 5.74) is 1.47. The summed E-state index contributed by atoms with van der Waals surface area (Å²) in [6, 6.07) is 13.0. The van der Waals surface area contributed by atoms with Gasteiger partial charge in [0.2, 0.25) is 5.82 Å². The molecule has 4 rings (SSSR count). The highest BCUT2D eigenvalue weighted by Crippen LogP contribution is 2.25. The minimum Gasteiger partial charge on any atom is -0.366 e. The summed E-state index contributed by atoms with van der Waals surface area (Å²) in [4.78, 5) is 10.4. The third-order valence-corrected chi connectivity index (χ3v) is 4.38. The highest BCUT2D eigenvalue weighted by atomic mass is 19.3. The molecule has 0 amide bonds. The number of pyridine rings is 1. The monoisotopic (exact) mass is 372 g/mol. The van der Waals surface area contributed by atoms with Crippen LogP contribution in [0.25, 0.3) is 11.4 Å². The molecule has 1 unspecified atom stereocenters. The van der Waals surface area contributed by atoms with Crippen molar-refractivity contribution in [3.8, 4) is 11.4 Å². The molecule has 1 atom stereocenters. The smallest absolute Gasteiger partial charge is 0.280 e. The van der Waals surface area contributed by atoms with E-state index in [1.54, 1.807) is 0 Å². The molecule has 1 fully saturated rings. The Morgan fingerprint density at radius 1 is 1.15 bits per heavy atom. The number of benzene rings is 1. The molecule has 1 saturated heterocycles. The Bertz CT molecular complexity index is 871. The van der Waals surface area contributed by atoms with E-state index in [0.717, 1.165) is 13.1 Å². The van der Waals surface area contributed by atoms with Crippen molar-refractivity contribution in [3.05, 3.63) is 65.8 Å². The van der Waals surface area contributed by atoms with Gasteiger partial charge in [0.15, 0.2) is 0 Å². The molecule has 0 aliphatic carbocycles. The van der Waals surface area contributed by atoms with E-state index in [-0.39, 0.29) is 11.8 Å². The summed E-state index contributed by atoms with van der Waals surface area (Å²) in [5.74, 6) is 0.683. The standard InChI is InChI=1S/C19H18F2N4O2/c20-17(21)15-7-6-14(10-22-15)18-23-19(27-24-18)16-12-25(8-9-26-16)11-13-4-2-1-3-5-13/h1-7,10,16-17H,8-9,11-12H2. The quantitative estimate of drug-likeness (QED) is 0.681. The molecular formula is C19H18F2N4O2. The van der Waals surface area contributed by atoms with Gasteiger partial charge in [-0.1, -0.05) is 35.5 Å². The molecule has 1 aromatic carbocycles. The lowest BCUT2D eigenvalue weighted by Gasteiger charge is -2.31. The number of nitrogens with zero attached hydrogens (tertiary/aromatic N) is 4. The van der Waals surface area contributed by atoms with E-state index in [1.165, 1.54) is 23.9 Å². The van der Waals surface area contributed by atoms with Gasteiger partial charge in [-0.05, 0) is 17.7 Å². The zero-order chi connectivity index (χ0) is 18.6. The molecule has 0 radical (unpaired) electrons. The van der Waals surface area contributed by atoms with Crippen LogP contribution in [0.1, 0.15) is 29.7 Å². The van der Waals surface area contributed by atoms with Gasteiger partial charge < -0.3 is 9.26 Å². The SMILES string of the molecule is FC(F)c1ccc(-c2noc(C3CN(Cc4ccccc4)CCO3)n2)cn1. The largest absolute Gasteiger partial charge is 0.366 e. The Labute approximate surface area is 154 Å². The van der Waals surface area contributed by atoms with Crippen molar-refractivity contribution < 1.29 is 18.0 Å². The molecule has 1 aliphatic heterocycles. The predicted octanol–water partition coefficient (Wildman–Crippen LogP) is 3.64. The first-order valence-electron chi connectivity index (χ1n) is 8.65. The van der Waals surface area contributed by atoms with E-state index in [0.29, 0.717) is 30.4 Å². The Hall–Kier alpha value is -2.71. The van der Waals surface area contributed by atoms with E-state index in [1.807, 2.05) is 18.2 Å². The number of rotatable bonds is 5. The van der Waals surface area contributed by atoms with Crippen LogP contribution >= 0.6 is 0 Å². The molecule has 27 heavy (non-hydrogen) atoms. The number of morpholine rings is 1. The molecule has 3 heterocycles. The number of aromatic nitrogens is 3. The molecular weight excluding hydrogens is 354 g/mol. The van der Waals surface area contributed by atoms with Crippen LogP contribution in [0.2, 0.25) is 0 Å². The summed E-state index contributed by atoms with van der Waals surface area (Å²) in [7, 11) is 0. The number of ether oxygens (including phenoxy) is 1. The van der Waals surface area contributed by atoms with Gasteiger partial charge in [-0.15, -0.1) is 0 Å². The zero-order valence-electron chi connectivity index (χ0n) is 14.5. The highest BCUT2D eigenvalue weighted by molar-refractivity contribution is 5.52. The van der Waals surface area contributed by atoms with Crippen molar-refractivity contribution in [1.82, 2.24) is 20.0 Å². The lowest BCUT2D eigenvalue weighted by Crippen LogP contribution is -2.37. The first kappa shape index (κ1) is 17.7. The number of halogens is 2. The molecule has 8 heteroatoms. The van der Waals surface area contributed by atoms with Crippen LogP contribution in [-0.2, 0) is 11.3 Å². The van der Waals surface area contributed by atoms with Gasteiger partial charge in [-0.25, -0.2) is 8.78 Å². The van der Waals surface area contributed by atoms with E-state index in [4.69, 9.17) is 9.26 Å². The van der Waals surface area contributed by atoms with Crippen molar-refractivity contribution in [1.29, 1.82) is 0 Å². The fourth-order valence-electron chi connectivity index (χ4n) is 2.99. The Morgan fingerprint density at radius 3 is 2.74 bits per heavy atom. The second-order valence-corrected chi connectivity index (χ2v) is 6.31. The molecule has 0 spiro atoms. The van der Waals surface area contributed by atoms with Crippen LogP contribution in [-0.4, -0.2) is 39.7 Å². The van der Waals surface area contributed by atoms with Crippen molar-refractivity contribution in [2.45, 2.75) is 19.1 Å². The molecule has 1 aliphatic rings. The van der Waals surface area contributed by atoms with Gasteiger partial charge >= 0.3 is 0 Å². The van der Waals surface area contributed by atoms with Crippen LogP contribution in [0.5, 0.6) is 0 Å². The third-order valence-electron chi connectivity index (χ3n) is 4.38. The maximum Gasteiger partial charge on any atom is 0.280 e. The Kier molecular flexibility index (Phi) is 5.17. The van der Waals surface area contributed by atoms with E-state index < -0.39 is 6.43 Å². The molecule has 0 saturated carbocycles. The van der Waals surface area contributed by atoms with Crippen LogP contribution < -0.4 is 0 Å². The lowest BCUT2D eigenvalue weighted by atomic mass is 10.2. The van der Waals surface area contributed by atoms with Crippen molar-refractivity contribution in [2.75, 3.05) is 19.7 Å². The lowest BCUT2D eigenvalue weighted by molar-refractivity contribution is -0.0475. The normalized spacial score (nSPS) is 18.1. The molecule has 3 aromatic rings. The minimum atomic E-state index is -2.61. The fraction of sp³-hybridized carbons (Fsp3) is 0.316. The van der Waals surface area contributed by atoms with Gasteiger partial charge in [0.25, 0.3) is 12.3 Å². The summed E-state index contributed by atoms with van der Waals surface area (Å²) in [6.45, 7) is 2.85. The van der Waals surface area contributed by atoms with Gasteiger partial charge in [0.05, 0.1) is 6.61 Å². The van der Waals surface area contributed by atoms with Gasteiger partial charge in [-0.2, -0.15) is 4.98 Å². The fourth-order valence-corrected chi connectivity index (χ4v) is 2.99. The summed E-state index contributed by atoms with van der Waals surface area (Å²) in [6.07, 6.45) is -1.61. The zero-order valence-corrected chi connectivity index (χ0v) is 14.5. The average Bonchev–Trinajstić information content (AvgIpc) is 3.19. The van der Waals surface area contributed by atoms with Crippen molar-refractivity contribution in [2.24, 2.45) is 0 Å². The highest BCUT2D eigenvalue weighted by Gasteiger charge is 2.27. The van der Waals surface area contributed by atoms with Gasteiger partial charge in [0.1, 0.15) is 11.8 Å². The third kappa shape index (κ3) is 4.17. The summed E-state index contributed by atoms with van der Waals surface area (Å²) >= 11 is 0. The second-order valence-electron chi connectivity index (χ2n) is 6.31. The van der Waals surface area contributed by atoms with Crippen LogP contribution in [0.3, 0.4) is 0 Å². The number of alkyl halides is 2. The van der Waals surface area contributed by atoms with Crippen LogP contribution in [0.15, 0.2) is 53.2 Å². The second kappa shape index (κ2) is 7.89. The van der Waals surface area contributed by atoms with Crippen molar-refractivity contribution in [3.63, 3.8) is 0 Å². The minimum absolute atomic E-state index is 0.283. The number of hydrogen-bond acceptors (Lipinski definition) is 6. The molecule has 140 valence electrons. The van der Waals surface area contributed by atoms with Gasteiger partial charge in [-0.3, -0.25) is 9.88 Å². The Morgan fingerprint density at radius 2 is 2.00 bits per heavy atom. The molecule has 6 nitrogen and oxygen atoms in total. The summed E-state index contributed by atoms with van der Waals surface area (Å²) < 4.78 is 36.3. The van der Waals surface area contributed by atoms with Crippen LogP contribution in [0, 0.1) is 0 Å². The van der Waals surface area contributed by atoms with Crippen molar-refractivity contribution >= 4 is 0 Å². The first-order valence-corrected chi connectivity index (χ1v) is 8.65. The first-order chi connectivity index (χ1) is 13.2. The number of hydrogen-bond donors (Lipinski definition) is 0. The van der Waals surface area contributed by atoms with E-state index in [9.17, 15) is 8.78 Å². The van der Waals surface area contributed by atoms with E-state index in [2.05, 4.69) is 32.2 Å². The van der Waals surface area contributed by atoms with E-state index >= 15 is 0 Å². The maximum absolute atomic E-state index is 12.6. The molecule has 2 aromatic heterocycles. The molecule has 0 bridgehead atoms.